The van der Waals surface area contributed by atoms with Crippen LogP contribution in [0.4, 0.5) is 0 Å². The van der Waals surface area contributed by atoms with Crippen LogP contribution in [-0.4, -0.2) is 18.3 Å². The van der Waals surface area contributed by atoms with Crippen molar-refractivity contribution in [3.63, 3.8) is 0 Å². The lowest BCUT2D eigenvalue weighted by atomic mass is 10.2. The molecular weight excluding hydrogens is 389 g/mol. The Hall–Kier alpha value is -0.780. The molecule has 2 aromatic rings. The summed E-state index contributed by atoms with van der Waals surface area (Å²) in [6, 6.07) is 13.5. The minimum absolute atomic E-state index is 0. The summed E-state index contributed by atoms with van der Waals surface area (Å²) in [4.78, 5) is 0. The number of rotatable bonds is 7. The highest BCUT2D eigenvalue weighted by molar-refractivity contribution is 9.10. The second-order valence-electron chi connectivity index (χ2n) is 4.57. The van der Waals surface area contributed by atoms with Crippen molar-refractivity contribution in [1.29, 1.82) is 0 Å². The van der Waals surface area contributed by atoms with Crippen molar-refractivity contribution in [3.8, 4) is 5.75 Å². The van der Waals surface area contributed by atoms with Crippen molar-refractivity contribution in [3.05, 3.63) is 63.1 Å². The monoisotopic (exact) mass is 405 g/mol. The zero-order valence-corrected chi connectivity index (χ0v) is 15.0. The summed E-state index contributed by atoms with van der Waals surface area (Å²) in [5.41, 5.74) is 2.11. The lowest BCUT2D eigenvalue weighted by Crippen LogP contribution is -2.18. The molecule has 2 N–H and O–H groups in total. The first-order valence-electron chi connectivity index (χ1n) is 6.66. The summed E-state index contributed by atoms with van der Waals surface area (Å²) in [6.07, 6.45) is 0. The van der Waals surface area contributed by atoms with Crippen LogP contribution in [0.15, 0.2) is 46.9 Å². The Morgan fingerprint density at radius 1 is 1.14 bits per heavy atom. The molecule has 0 aromatic heterocycles. The van der Waals surface area contributed by atoms with E-state index in [1.165, 1.54) is 0 Å². The molecule has 3 nitrogen and oxygen atoms in total. The molecule has 0 amide bonds. The number of nitrogens with one attached hydrogen (secondary N) is 1. The van der Waals surface area contributed by atoms with Gasteiger partial charge in [-0.2, -0.15) is 0 Å². The highest BCUT2D eigenvalue weighted by Gasteiger charge is 2.05. The first-order valence-corrected chi connectivity index (χ1v) is 7.83. The van der Waals surface area contributed by atoms with Crippen molar-refractivity contribution in [2.45, 2.75) is 13.2 Å². The van der Waals surface area contributed by atoms with E-state index in [4.69, 9.17) is 21.4 Å². The van der Waals surface area contributed by atoms with Gasteiger partial charge in [-0.05, 0) is 35.9 Å². The van der Waals surface area contributed by atoms with Gasteiger partial charge in [0.05, 0.1) is 6.61 Å². The average Bonchev–Trinajstić information content (AvgIpc) is 2.48. The topological polar surface area (TPSA) is 41.5 Å². The number of benzene rings is 2. The maximum atomic E-state index is 8.83. The van der Waals surface area contributed by atoms with E-state index in [1.54, 1.807) is 0 Å². The third-order valence-electron chi connectivity index (χ3n) is 2.93. The molecule has 2 aromatic carbocycles. The minimum Gasteiger partial charge on any atom is -0.489 e. The lowest BCUT2D eigenvalue weighted by Gasteiger charge is -2.13. The van der Waals surface area contributed by atoms with Gasteiger partial charge in [0.15, 0.2) is 0 Å². The molecule has 0 aliphatic rings. The Bertz CT molecular complexity index is 579. The summed E-state index contributed by atoms with van der Waals surface area (Å²) in [5, 5.41) is 12.7. The van der Waals surface area contributed by atoms with Crippen LogP contribution in [0.5, 0.6) is 5.75 Å². The molecule has 0 spiro atoms. The van der Waals surface area contributed by atoms with E-state index < -0.39 is 0 Å². The molecule has 0 saturated heterocycles. The SMILES string of the molecule is Cl.OCCNCc1cc(Br)ccc1OCc1ccc(Cl)cc1. The van der Waals surface area contributed by atoms with E-state index in [1.807, 2.05) is 42.5 Å². The fraction of sp³-hybridized carbons (Fsp3) is 0.250. The Morgan fingerprint density at radius 3 is 2.55 bits per heavy atom. The van der Waals surface area contributed by atoms with Crippen molar-refractivity contribution in [2.24, 2.45) is 0 Å². The van der Waals surface area contributed by atoms with E-state index in [0.717, 1.165) is 26.4 Å². The van der Waals surface area contributed by atoms with Gasteiger partial charge in [-0.15, -0.1) is 12.4 Å². The molecular formula is C16H18BrCl2NO2. The van der Waals surface area contributed by atoms with Gasteiger partial charge in [0, 0.05) is 28.1 Å². The molecule has 0 bridgehead atoms. The van der Waals surface area contributed by atoms with Gasteiger partial charge >= 0.3 is 0 Å². The van der Waals surface area contributed by atoms with Crippen LogP contribution >= 0.6 is 39.9 Å². The fourth-order valence-electron chi connectivity index (χ4n) is 1.87. The highest BCUT2D eigenvalue weighted by atomic mass is 79.9. The number of aliphatic hydroxyl groups excluding tert-OH is 1. The highest BCUT2D eigenvalue weighted by Crippen LogP contribution is 2.24. The zero-order valence-electron chi connectivity index (χ0n) is 11.9. The van der Waals surface area contributed by atoms with E-state index in [0.29, 0.717) is 19.7 Å². The van der Waals surface area contributed by atoms with Crippen molar-refractivity contribution in [2.75, 3.05) is 13.2 Å². The number of hydrogen-bond acceptors (Lipinski definition) is 3. The number of hydrogen-bond donors (Lipinski definition) is 2. The van der Waals surface area contributed by atoms with Gasteiger partial charge in [0.25, 0.3) is 0 Å². The van der Waals surface area contributed by atoms with Crippen LogP contribution in [0.2, 0.25) is 5.02 Å². The molecule has 2 rings (SSSR count). The zero-order chi connectivity index (χ0) is 15.1. The Morgan fingerprint density at radius 2 is 1.86 bits per heavy atom. The molecule has 22 heavy (non-hydrogen) atoms. The molecule has 6 heteroatoms. The predicted molar refractivity (Wildman–Crippen MR) is 96.0 cm³/mol. The summed E-state index contributed by atoms with van der Waals surface area (Å²) in [7, 11) is 0. The van der Waals surface area contributed by atoms with Gasteiger partial charge in [-0.25, -0.2) is 0 Å². The molecule has 0 fully saturated rings. The van der Waals surface area contributed by atoms with Crippen LogP contribution in [-0.2, 0) is 13.2 Å². The molecule has 0 aliphatic heterocycles. The van der Waals surface area contributed by atoms with Crippen molar-refractivity contribution >= 4 is 39.9 Å². The van der Waals surface area contributed by atoms with Crippen LogP contribution in [0, 0.1) is 0 Å². The van der Waals surface area contributed by atoms with Gasteiger partial charge in [-0.3, -0.25) is 0 Å². The molecule has 0 heterocycles. The smallest absolute Gasteiger partial charge is 0.124 e. The lowest BCUT2D eigenvalue weighted by molar-refractivity contribution is 0.288. The van der Waals surface area contributed by atoms with Gasteiger partial charge in [-0.1, -0.05) is 39.7 Å². The quantitative estimate of drug-likeness (QED) is 0.677. The summed E-state index contributed by atoms with van der Waals surface area (Å²) in [6.45, 7) is 1.82. The van der Waals surface area contributed by atoms with Crippen molar-refractivity contribution < 1.29 is 9.84 Å². The first-order chi connectivity index (χ1) is 10.2. The largest absolute Gasteiger partial charge is 0.489 e. The standard InChI is InChI=1S/C16H17BrClNO2.ClH/c17-14-3-6-16(13(9-14)10-19-7-8-20)21-11-12-1-4-15(18)5-2-12;/h1-6,9,19-20H,7-8,10-11H2;1H. The van der Waals surface area contributed by atoms with Crippen LogP contribution < -0.4 is 10.1 Å². The third kappa shape index (κ3) is 6.15. The van der Waals surface area contributed by atoms with E-state index >= 15 is 0 Å². The third-order valence-corrected chi connectivity index (χ3v) is 3.68. The maximum Gasteiger partial charge on any atom is 0.124 e. The van der Waals surface area contributed by atoms with E-state index in [9.17, 15) is 0 Å². The Balaban J connectivity index is 0.00000242. The van der Waals surface area contributed by atoms with Gasteiger partial charge in [0.2, 0.25) is 0 Å². The van der Waals surface area contributed by atoms with Crippen LogP contribution in [0.25, 0.3) is 0 Å². The molecule has 0 aliphatic carbocycles. The molecule has 0 radical (unpaired) electrons. The number of ether oxygens (including phenoxy) is 1. The Labute approximate surface area is 150 Å². The first kappa shape index (κ1) is 19.3. The summed E-state index contributed by atoms with van der Waals surface area (Å²) < 4.78 is 6.88. The number of aliphatic hydroxyl groups is 1. The van der Waals surface area contributed by atoms with Crippen molar-refractivity contribution in [1.82, 2.24) is 5.32 Å². The normalized spacial score (nSPS) is 10.1. The van der Waals surface area contributed by atoms with E-state index in [-0.39, 0.29) is 19.0 Å². The number of halogens is 3. The van der Waals surface area contributed by atoms with E-state index in [2.05, 4.69) is 21.2 Å². The maximum absolute atomic E-state index is 8.83. The average molecular weight is 407 g/mol. The Kier molecular flexibility index (Phi) is 8.83. The second kappa shape index (κ2) is 10.1. The fourth-order valence-corrected chi connectivity index (χ4v) is 2.41. The molecule has 0 unspecified atom stereocenters. The molecule has 120 valence electrons. The summed E-state index contributed by atoms with van der Waals surface area (Å²) in [5.74, 6) is 0.832. The predicted octanol–water partition coefficient (Wildman–Crippen LogP) is 4.19. The summed E-state index contributed by atoms with van der Waals surface area (Å²) >= 11 is 9.33. The second-order valence-corrected chi connectivity index (χ2v) is 5.92. The van der Waals surface area contributed by atoms with Gasteiger partial charge in [0.1, 0.15) is 12.4 Å². The van der Waals surface area contributed by atoms with Gasteiger partial charge < -0.3 is 15.2 Å². The molecule has 0 saturated carbocycles. The van der Waals surface area contributed by atoms with Crippen LogP contribution in [0.1, 0.15) is 11.1 Å². The minimum atomic E-state index is 0. The molecule has 0 atom stereocenters. The van der Waals surface area contributed by atoms with Crippen LogP contribution in [0.3, 0.4) is 0 Å².